The van der Waals surface area contributed by atoms with E-state index in [2.05, 4.69) is 0 Å². The molecule has 146 valence electrons. The SMILES string of the molecule is CC(OC(CCS(C)(=O)=O)CN(C(C)(C)C)S(C)(=O)=O)C(C)(C)C. The third-order valence-electron chi connectivity index (χ3n) is 3.94. The highest BCUT2D eigenvalue weighted by atomic mass is 32.2. The molecule has 0 amide bonds. The fraction of sp³-hybridized carbons (Fsp3) is 1.00. The van der Waals surface area contributed by atoms with Gasteiger partial charge in [0.1, 0.15) is 9.84 Å². The standard InChI is InChI=1S/C16H35NO5S2/c1-13(15(2,3)4)22-14(10-11-23(8,18)19)12-17(16(5,6)7)24(9,20)21/h13-14H,10-12H2,1-9H3. The monoisotopic (exact) mass is 385 g/mol. The molecule has 6 nitrogen and oxygen atoms in total. The molecule has 0 heterocycles. The lowest BCUT2D eigenvalue weighted by atomic mass is 9.90. The van der Waals surface area contributed by atoms with Crippen molar-refractivity contribution in [1.82, 2.24) is 4.31 Å². The van der Waals surface area contributed by atoms with Gasteiger partial charge < -0.3 is 4.74 Å². The number of sulfone groups is 1. The van der Waals surface area contributed by atoms with Crippen LogP contribution in [0.15, 0.2) is 0 Å². The predicted octanol–water partition coefficient (Wildman–Crippen LogP) is 2.30. The molecule has 2 unspecified atom stereocenters. The van der Waals surface area contributed by atoms with Crippen molar-refractivity contribution in [2.45, 2.75) is 72.6 Å². The molecule has 2 atom stereocenters. The van der Waals surface area contributed by atoms with Crippen LogP contribution < -0.4 is 0 Å². The zero-order valence-electron chi connectivity index (χ0n) is 16.6. The zero-order valence-corrected chi connectivity index (χ0v) is 18.2. The average molecular weight is 386 g/mol. The molecular weight excluding hydrogens is 350 g/mol. The molecule has 0 aromatic carbocycles. The molecular formula is C16H35NO5S2. The first-order valence-electron chi connectivity index (χ1n) is 8.15. The van der Waals surface area contributed by atoms with Gasteiger partial charge in [0.05, 0.1) is 24.2 Å². The Morgan fingerprint density at radius 1 is 0.958 bits per heavy atom. The van der Waals surface area contributed by atoms with Crippen LogP contribution in [0.4, 0.5) is 0 Å². The van der Waals surface area contributed by atoms with Gasteiger partial charge in [-0.2, -0.15) is 4.31 Å². The topological polar surface area (TPSA) is 80.8 Å². The fourth-order valence-corrected chi connectivity index (χ4v) is 4.26. The van der Waals surface area contributed by atoms with Crippen LogP contribution in [0.5, 0.6) is 0 Å². The van der Waals surface area contributed by atoms with Gasteiger partial charge in [-0.25, -0.2) is 16.8 Å². The van der Waals surface area contributed by atoms with Crippen LogP contribution in [0.1, 0.15) is 54.9 Å². The Bertz CT molecular complexity index is 597. The summed E-state index contributed by atoms with van der Waals surface area (Å²) in [6.07, 6.45) is 1.99. The van der Waals surface area contributed by atoms with E-state index < -0.39 is 31.5 Å². The summed E-state index contributed by atoms with van der Waals surface area (Å²) in [4.78, 5) is 0. The number of sulfonamides is 1. The van der Waals surface area contributed by atoms with Crippen LogP contribution in [-0.4, -0.2) is 63.7 Å². The fourth-order valence-electron chi connectivity index (χ4n) is 2.13. The van der Waals surface area contributed by atoms with Gasteiger partial charge in [0.15, 0.2) is 0 Å². The normalized spacial score (nSPS) is 17.1. The smallest absolute Gasteiger partial charge is 0.211 e. The second-order valence-electron chi connectivity index (χ2n) is 8.65. The first-order valence-corrected chi connectivity index (χ1v) is 12.1. The molecule has 0 N–H and O–H groups in total. The van der Waals surface area contributed by atoms with Crippen LogP contribution in [0.3, 0.4) is 0 Å². The van der Waals surface area contributed by atoms with Crippen molar-refractivity contribution < 1.29 is 21.6 Å². The first-order chi connectivity index (χ1) is 10.3. The van der Waals surface area contributed by atoms with E-state index in [1.165, 1.54) is 16.8 Å². The van der Waals surface area contributed by atoms with Crippen molar-refractivity contribution in [2.75, 3.05) is 24.8 Å². The molecule has 0 spiro atoms. The summed E-state index contributed by atoms with van der Waals surface area (Å²) in [5, 5.41) is 0. The zero-order chi connectivity index (χ0) is 19.6. The Kier molecular flexibility index (Phi) is 7.95. The van der Waals surface area contributed by atoms with Gasteiger partial charge in [-0.15, -0.1) is 0 Å². The lowest BCUT2D eigenvalue weighted by Crippen LogP contribution is -2.50. The summed E-state index contributed by atoms with van der Waals surface area (Å²) in [5.74, 6) is -0.0315. The molecule has 0 aromatic rings. The van der Waals surface area contributed by atoms with E-state index in [9.17, 15) is 16.8 Å². The number of hydrogen-bond donors (Lipinski definition) is 0. The lowest BCUT2D eigenvalue weighted by molar-refractivity contribution is -0.0657. The van der Waals surface area contributed by atoms with Crippen LogP contribution >= 0.6 is 0 Å². The molecule has 0 saturated heterocycles. The summed E-state index contributed by atoms with van der Waals surface area (Å²) in [6.45, 7) is 13.6. The second kappa shape index (κ2) is 8.01. The molecule has 24 heavy (non-hydrogen) atoms. The third kappa shape index (κ3) is 9.34. The van der Waals surface area contributed by atoms with Gasteiger partial charge in [0.25, 0.3) is 0 Å². The van der Waals surface area contributed by atoms with E-state index >= 15 is 0 Å². The van der Waals surface area contributed by atoms with E-state index in [0.29, 0.717) is 0 Å². The maximum absolute atomic E-state index is 12.1. The van der Waals surface area contributed by atoms with Gasteiger partial charge in [-0.05, 0) is 39.5 Å². The highest BCUT2D eigenvalue weighted by Crippen LogP contribution is 2.26. The van der Waals surface area contributed by atoms with E-state index in [4.69, 9.17) is 4.74 Å². The molecule has 0 aliphatic rings. The minimum absolute atomic E-state index is 0.0315. The third-order valence-corrected chi connectivity index (χ3v) is 6.42. The quantitative estimate of drug-likeness (QED) is 0.640. The van der Waals surface area contributed by atoms with Crippen LogP contribution in [0.25, 0.3) is 0 Å². The van der Waals surface area contributed by atoms with Crippen molar-refractivity contribution in [3.8, 4) is 0 Å². The molecule has 0 rings (SSSR count). The first kappa shape index (κ1) is 23.8. The van der Waals surface area contributed by atoms with Gasteiger partial charge in [0.2, 0.25) is 10.0 Å². The second-order valence-corrected chi connectivity index (χ2v) is 12.8. The van der Waals surface area contributed by atoms with Crippen molar-refractivity contribution >= 4 is 19.9 Å². The highest BCUT2D eigenvalue weighted by molar-refractivity contribution is 7.90. The van der Waals surface area contributed by atoms with E-state index in [1.807, 2.05) is 48.5 Å². The summed E-state index contributed by atoms with van der Waals surface area (Å²) in [7, 11) is -6.58. The maximum Gasteiger partial charge on any atom is 0.211 e. The van der Waals surface area contributed by atoms with Gasteiger partial charge >= 0.3 is 0 Å². The molecule has 0 bridgehead atoms. The largest absolute Gasteiger partial charge is 0.373 e. The van der Waals surface area contributed by atoms with Crippen LogP contribution in [0.2, 0.25) is 0 Å². The Labute approximate surface area is 148 Å². The Morgan fingerprint density at radius 3 is 1.71 bits per heavy atom. The summed E-state index contributed by atoms with van der Waals surface area (Å²) in [6, 6.07) is 0. The van der Waals surface area contributed by atoms with Crippen molar-refractivity contribution in [1.29, 1.82) is 0 Å². The summed E-state index contributed by atoms with van der Waals surface area (Å²) >= 11 is 0. The highest BCUT2D eigenvalue weighted by Gasteiger charge is 2.34. The molecule has 0 aliphatic heterocycles. The number of rotatable bonds is 8. The number of hydrogen-bond acceptors (Lipinski definition) is 5. The Morgan fingerprint density at radius 2 is 1.42 bits per heavy atom. The minimum Gasteiger partial charge on any atom is -0.373 e. The summed E-state index contributed by atoms with van der Waals surface area (Å²) < 4.78 is 54.8. The average Bonchev–Trinajstić information content (AvgIpc) is 2.26. The van der Waals surface area contributed by atoms with Crippen LogP contribution in [0, 0.1) is 5.41 Å². The van der Waals surface area contributed by atoms with Crippen molar-refractivity contribution in [3.05, 3.63) is 0 Å². The molecule has 0 aromatic heterocycles. The Hall–Kier alpha value is -0.180. The molecule has 0 fully saturated rings. The maximum atomic E-state index is 12.1. The lowest BCUT2D eigenvalue weighted by Gasteiger charge is -2.38. The van der Waals surface area contributed by atoms with E-state index in [-0.39, 0.29) is 30.2 Å². The molecule has 0 saturated carbocycles. The molecule has 0 radical (unpaired) electrons. The van der Waals surface area contributed by atoms with Crippen molar-refractivity contribution in [3.63, 3.8) is 0 Å². The number of nitrogens with zero attached hydrogens (tertiary/aromatic N) is 1. The molecule has 8 heteroatoms. The van der Waals surface area contributed by atoms with Crippen LogP contribution in [-0.2, 0) is 24.6 Å². The summed E-state index contributed by atoms with van der Waals surface area (Å²) in [5.41, 5.74) is -0.730. The van der Waals surface area contributed by atoms with Crippen molar-refractivity contribution in [2.24, 2.45) is 5.41 Å². The Balaban J connectivity index is 5.44. The van der Waals surface area contributed by atoms with E-state index in [1.54, 1.807) is 0 Å². The molecule has 0 aliphatic carbocycles. The van der Waals surface area contributed by atoms with Gasteiger partial charge in [-0.3, -0.25) is 0 Å². The minimum atomic E-state index is -3.44. The van der Waals surface area contributed by atoms with Gasteiger partial charge in [-0.1, -0.05) is 20.8 Å². The van der Waals surface area contributed by atoms with Gasteiger partial charge in [0, 0.05) is 18.3 Å². The van der Waals surface area contributed by atoms with E-state index in [0.717, 1.165) is 0 Å². The number of ether oxygens (including phenoxy) is 1. The predicted molar refractivity (Wildman–Crippen MR) is 99.4 cm³/mol.